The number of Topliss-reactive ketones (excluding diaryl/α,β-unsaturated/α-hetero) is 1. The number of pyridine rings is 1. The predicted molar refractivity (Wildman–Crippen MR) is 101 cm³/mol. The van der Waals surface area contributed by atoms with Crippen molar-refractivity contribution in [3.05, 3.63) is 47.4 Å². The van der Waals surface area contributed by atoms with Gasteiger partial charge in [0.15, 0.2) is 5.78 Å². The number of nitrogens with one attached hydrogen (secondary N) is 1. The van der Waals surface area contributed by atoms with Crippen LogP contribution < -0.4 is 5.32 Å². The summed E-state index contributed by atoms with van der Waals surface area (Å²) >= 11 is 0. The summed E-state index contributed by atoms with van der Waals surface area (Å²) in [5, 5.41) is 2.65. The van der Waals surface area contributed by atoms with Gasteiger partial charge in [-0.1, -0.05) is 0 Å². The smallest absolute Gasteiger partial charge is 0.407 e. The lowest BCUT2D eigenvalue weighted by Gasteiger charge is -2.19. The third-order valence-corrected chi connectivity index (χ3v) is 3.82. The van der Waals surface area contributed by atoms with Crippen molar-refractivity contribution in [2.75, 3.05) is 6.54 Å². The minimum Gasteiger partial charge on any atom is -0.444 e. The maximum atomic E-state index is 12.3. The molecule has 0 fully saturated rings. The molecule has 0 bridgehead atoms. The molecule has 0 spiro atoms. The van der Waals surface area contributed by atoms with Crippen LogP contribution in [0.4, 0.5) is 4.79 Å². The first-order chi connectivity index (χ1) is 12.2. The second-order valence-corrected chi connectivity index (χ2v) is 7.31. The quantitative estimate of drug-likeness (QED) is 0.627. The zero-order valence-corrected chi connectivity index (χ0v) is 16.1. The molecule has 2 aromatic heterocycles. The fourth-order valence-corrected chi connectivity index (χ4v) is 2.61. The highest BCUT2D eigenvalue weighted by Crippen LogP contribution is 2.15. The Morgan fingerprint density at radius 3 is 2.31 bits per heavy atom. The summed E-state index contributed by atoms with van der Waals surface area (Å²) < 4.78 is 7.19. The lowest BCUT2D eigenvalue weighted by molar-refractivity contribution is 0.0525. The molecule has 0 saturated heterocycles. The number of nitrogens with zero attached hydrogens (tertiary/aromatic N) is 2. The first-order valence-electron chi connectivity index (χ1n) is 8.79. The number of ether oxygens (including phenoxy) is 1. The van der Waals surface area contributed by atoms with Crippen molar-refractivity contribution in [2.45, 2.75) is 53.1 Å². The number of alkyl carbamates (subject to hydrolysis) is 1. The van der Waals surface area contributed by atoms with E-state index in [4.69, 9.17) is 4.74 Å². The molecule has 2 heterocycles. The molecule has 0 aliphatic rings. The Morgan fingerprint density at radius 2 is 1.77 bits per heavy atom. The lowest BCUT2D eigenvalue weighted by atomic mass is 10.1. The maximum absolute atomic E-state index is 12.3. The van der Waals surface area contributed by atoms with Gasteiger partial charge in [-0.05, 0) is 65.3 Å². The summed E-state index contributed by atoms with van der Waals surface area (Å²) in [5.41, 5.74) is 2.25. The van der Waals surface area contributed by atoms with E-state index in [1.54, 1.807) is 12.3 Å². The summed E-state index contributed by atoms with van der Waals surface area (Å²) in [6.07, 6.45) is 2.04. The number of rotatable bonds is 6. The molecule has 0 aliphatic carbocycles. The van der Waals surface area contributed by atoms with Crippen molar-refractivity contribution in [3.63, 3.8) is 0 Å². The second-order valence-electron chi connectivity index (χ2n) is 7.31. The van der Waals surface area contributed by atoms with Gasteiger partial charge in [-0.25, -0.2) is 9.78 Å². The van der Waals surface area contributed by atoms with Crippen LogP contribution in [0.3, 0.4) is 0 Å². The van der Waals surface area contributed by atoms with Crippen molar-refractivity contribution in [1.82, 2.24) is 14.9 Å². The standard InChI is InChI=1S/C20H27N3O3/c1-14-8-9-15(2)23(14)18-11-10-16(13-22-18)17(24)7-6-12-21-19(25)26-20(3,4)5/h8-11,13H,6-7,12H2,1-5H3,(H,21,25). The third-order valence-electron chi connectivity index (χ3n) is 3.82. The SMILES string of the molecule is Cc1ccc(C)n1-c1ccc(C(=O)CCCNC(=O)OC(C)(C)C)cn1. The average molecular weight is 357 g/mol. The average Bonchev–Trinajstić information content (AvgIpc) is 2.89. The Bertz CT molecular complexity index is 751. The molecule has 2 aromatic rings. The first kappa shape index (κ1) is 19.7. The Balaban J connectivity index is 1.84. The molecule has 26 heavy (non-hydrogen) atoms. The number of aryl methyl sites for hydroxylation is 2. The summed E-state index contributed by atoms with van der Waals surface area (Å²) in [6.45, 7) is 9.86. The van der Waals surface area contributed by atoms with E-state index in [2.05, 4.69) is 10.3 Å². The van der Waals surface area contributed by atoms with Crippen molar-refractivity contribution in [3.8, 4) is 5.82 Å². The van der Waals surface area contributed by atoms with Crippen molar-refractivity contribution in [1.29, 1.82) is 0 Å². The monoisotopic (exact) mass is 357 g/mol. The van der Waals surface area contributed by atoms with Gasteiger partial charge in [0.05, 0.1) is 0 Å². The number of amides is 1. The van der Waals surface area contributed by atoms with Gasteiger partial charge in [-0.15, -0.1) is 0 Å². The molecule has 6 nitrogen and oxygen atoms in total. The zero-order chi connectivity index (χ0) is 19.3. The second kappa shape index (κ2) is 8.17. The van der Waals surface area contributed by atoms with Gasteiger partial charge in [0.2, 0.25) is 0 Å². The van der Waals surface area contributed by atoms with E-state index in [9.17, 15) is 9.59 Å². The van der Waals surface area contributed by atoms with Crippen LogP contribution in [0.25, 0.3) is 5.82 Å². The van der Waals surface area contributed by atoms with Gasteiger partial charge in [0.25, 0.3) is 0 Å². The molecule has 0 unspecified atom stereocenters. The Labute approximate surface area is 154 Å². The zero-order valence-electron chi connectivity index (χ0n) is 16.1. The molecule has 6 heteroatoms. The maximum Gasteiger partial charge on any atom is 0.407 e. The number of aromatic nitrogens is 2. The molecule has 2 rings (SSSR count). The number of hydrogen-bond acceptors (Lipinski definition) is 4. The minimum atomic E-state index is -0.524. The topological polar surface area (TPSA) is 73.2 Å². The van der Waals surface area contributed by atoms with Crippen LogP contribution in [-0.2, 0) is 4.74 Å². The number of hydrogen-bond donors (Lipinski definition) is 1. The summed E-state index contributed by atoms with van der Waals surface area (Å²) in [6, 6.07) is 7.72. The molecule has 1 amide bonds. The summed E-state index contributed by atoms with van der Waals surface area (Å²) in [5.74, 6) is 0.809. The molecule has 0 radical (unpaired) electrons. The molecule has 0 aromatic carbocycles. The molecular weight excluding hydrogens is 330 g/mol. The normalized spacial score (nSPS) is 11.3. The van der Waals surface area contributed by atoms with Crippen LogP contribution in [0.1, 0.15) is 55.4 Å². The Hall–Kier alpha value is -2.63. The van der Waals surface area contributed by atoms with E-state index in [1.807, 2.05) is 57.4 Å². The molecule has 1 N–H and O–H groups in total. The van der Waals surface area contributed by atoms with Crippen molar-refractivity contribution >= 4 is 11.9 Å². The van der Waals surface area contributed by atoms with E-state index < -0.39 is 11.7 Å². The minimum absolute atomic E-state index is 0.0102. The number of carbonyl (C=O) groups is 2. The highest BCUT2D eigenvalue weighted by molar-refractivity contribution is 5.95. The lowest BCUT2D eigenvalue weighted by Crippen LogP contribution is -2.33. The van der Waals surface area contributed by atoms with Crippen LogP contribution in [-0.4, -0.2) is 33.6 Å². The number of ketones is 1. The highest BCUT2D eigenvalue weighted by atomic mass is 16.6. The van der Waals surface area contributed by atoms with Gasteiger partial charge in [-0.3, -0.25) is 4.79 Å². The Morgan fingerprint density at radius 1 is 1.12 bits per heavy atom. The van der Waals surface area contributed by atoms with Gasteiger partial charge in [-0.2, -0.15) is 0 Å². The van der Waals surface area contributed by atoms with E-state index in [1.165, 1.54) is 0 Å². The summed E-state index contributed by atoms with van der Waals surface area (Å²) in [4.78, 5) is 28.2. The van der Waals surface area contributed by atoms with E-state index in [0.717, 1.165) is 17.2 Å². The molecule has 0 atom stereocenters. The summed E-state index contributed by atoms with van der Waals surface area (Å²) in [7, 11) is 0. The fourth-order valence-electron chi connectivity index (χ4n) is 2.61. The molecule has 140 valence electrons. The van der Waals surface area contributed by atoms with Gasteiger partial charge in [0.1, 0.15) is 11.4 Å². The Kier molecular flexibility index (Phi) is 6.18. The van der Waals surface area contributed by atoms with Crippen LogP contribution in [0.5, 0.6) is 0 Å². The van der Waals surface area contributed by atoms with Crippen molar-refractivity contribution < 1.29 is 14.3 Å². The fraction of sp³-hybridized carbons (Fsp3) is 0.450. The van der Waals surface area contributed by atoms with E-state index in [0.29, 0.717) is 24.9 Å². The third kappa shape index (κ3) is 5.44. The van der Waals surface area contributed by atoms with Crippen LogP contribution in [0.15, 0.2) is 30.5 Å². The van der Waals surface area contributed by atoms with Crippen LogP contribution in [0.2, 0.25) is 0 Å². The van der Waals surface area contributed by atoms with Crippen LogP contribution in [0, 0.1) is 13.8 Å². The van der Waals surface area contributed by atoms with Crippen LogP contribution >= 0.6 is 0 Å². The predicted octanol–water partition coefficient (Wildman–Crippen LogP) is 3.98. The molecule has 0 aliphatic heterocycles. The largest absolute Gasteiger partial charge is 0.444 e. The van der Waals surface area contributed by atoms with Gasteiger partial charge in [0, 0.05) is 36.1 Å². The first-order valence-corrected chi connectivity index (χ1v) is 8.79. The van der Waals surface area contributed by atoms with E-state index >= 15 is 0 Å². The van der Waals surface area contributed by atoms with Gasteiger partial charge < -0.3 is 14.6 Å². The molecular formula is C20H27N3O3. The van der Waals surface area contributed by atoms with Crippen molar-refractivity contribution in [2.24, 2.45) is 0 Å². The number of carbonyl (C=O) groups excluding carboxylic acids is 2. The molecule has 0 saturated carbocycles. The van der Waals surface area contributed by atoms with E-state index in [-0.39, 0.29) is 5.78 Å². The highest BCUT2D eigenvalue weighted by Gasteiger charge is 2.15. The van der Waals surface area contributed by atoms with Gasteiger partial charge >= 0.3 is 6.09 Å².